The van der Waals surface area contributed by atoms with E-state index >= 15 is 0 Å². The quantitative estimate of drug-likeness (QED) is 0.784. The maximum atomic E-state index is 12.7. The molecule has 0 atom stereocenters. The summed E-state index contributed by atoms with van der Waals surface area (Å²) in [6.45, 7) is 10.7. The number of methoxy groups -OCH3 is 1. The standard InChI is InChI=1S/C21H32N2O3/c1-6-17(7-2)21(25)23-12-10-22(11-13-23)20(24)14-18-8-9-19(26-5)16(4)15(18)3/h8-9,17H,6-7,10-14H2,1-5H3. The zero-order valence-corrected chi connectivity index (χ0v) is 16.8. The maximum absolute atomic E-state index is 12.7. The fraction of sp³-hybridized carbons (Fsp3) is 0.619. The lowest BCUT2D eigenvalue weighted by Crippen LogP contribution is -2.52. The number of ether oxygens (including phenoxy) is 1. The molecule has 144 valence electrons. The van der Waals surface area contributed by atoms with Gasteiger partial charge in [-0.3, -0.25) is 9.59 Å². The zero-order valence-electron chi connectivity index (χ0n) is 16.8. The molecule has 0 aromatic heterocycles. The van der Waals surface area contributed by atoms with E-state index in [1.807, 2.05) is 35.8 Å². The predicted octanol–water partition coefficient (Wildman–Crippen LogP) is 2.96. The van der Waals surface area contributed by atoms with Crippen LogP contribution in [0.2, 0.25) is 0 Å². The molecule has 0 bridgehead atoms. The molecule has 1 aromatic rings. The van der Waals surface area contributed by atoms with Gasteiger partial charge in [0.15, 0.2) is 0 Å². The van der Waals surface area contributed by atoms with Gasteiger partial charge in [0.05, 0.1) is 13.5 Å². The zero-order chi connectivity index (χ0) is 19.3. The van der Waals surface area contributed by atoms with E-state index in [1.54, 1.807) is 7.11 Å². The van der Waals surface area contributed by atoms with Crippen molar-refractivity contribution < 1.29 is 14.3 Å². The molecule has 1 heterocycles. The van der Waals surface area contributed by atoms with E-state index in [-0.39, 0.29) is 17.7 Å². The summed E-state index contributed by atoms with van der Waals surface area (Å²) >= 11 is 0. The Bertz CT molecular complexity index is 645. The van der Waals surface area contributed by atoms with Crippen molar-refractivity contribution in [3.8, 4) is 5.75 Å². The Morgan fingerprint density at radius 2 is 1.58 bits per heavy atom. The van der Waals surface area contributed by atoms with Crippen LogP contribution in [0.25, 0.3) is 0 Å². The highest BCUT2D eigenvalue weighted by molar-refractivity contribution is 5.81. The van der Waals surface area contributed by atoms with E-state index < -0.39 is 0 Å². The second kappa shape index (κ2) is 9.06. The smallest absolute Gasteiger partial charge is 0.227 e. The van der Waals surface area contributed by atoms with Crippen molar-refractivity contribution in [3.63, 3.8) is 0 Å². The topological polar surface area (TPSA) is 49.9 Å². The first-order chi connectivity index (χ1) is 12.4. The number of hydrogen-bond acceptors (Lipinski definition) is 3. The van der Waals surface area contributed by atoms with Gasteiger partial charge >= 0.3 is 0 Å². The lowest BCUT2D eigenvalue weighted by Gasteiger charge is -2.36. The lowest BCUT2D eigenvalue weighted by atomic mass is 9.99. The van der Waals surface area contributed by atoms with Crippen molar-refractivity contribution in [1.29, 1.82) is 0 Å². The molecule has 0 saturated carbocycles. The highest BCUT2D eigenvalue weighted by Crippen LogP contribution is 2.24. The van der Waals surface area contributed by atoms with Crippen molar-refractivity contribution in [2.45, 2.75) is 47.0 Å². The van der Waals surface area contributed by atoms with Crippen molar-refractivity contribution in [1.82, 2.24) is 9.80 Å². The van der Waals surface area contributed by atoms with Gasteiger partial charge in [0.2, 0.25) is 11.8 Å². The third kappa shape index (κ3) is 4.37. The van der Waals surface area contributed by atoms with Crippen LogP contribution < -0.4 is 4.74 Å². The van der Waals surface area contributed by atoms with Crippen molar-refractivity contribution in [3.05, 3.63) is 28.8 Å². The molecule has 0 N–H and O–H groups in total. The van der Waals surface area contributed by atoms with Crippen molar-refractivity contribution >= 4 is 11.8 Å². The largest absolute Gasteiger partial charge is 0.496 e. The molecule has 1 fully saturated rings. The Labute approximate surface area is 157 Å². The van der Waals surface area contributed by atoms with Crippen LogP contribution in [0.1, 0.15) is 43.4 Å². The molecular weight excluding hydrogens is 328 g/mol. The lowest BCUT2D eigenvalue weighted by molar-refractivity contribution is -0.142. The number of rotatable bonds is 6. The fourth-order valence-corrected chi connectivity index (χ4v) is 3.61. The predicted molar refractivity (Wildman–Crippen MR) is 103 cm³/mol. The second-order valence-corrected chi connectivity index (χ2v) is 7.07. The minimum absolute atomic E-state index is 0.113. The van der Waals surface area contributed by atoms with E-state index in [2.05, 4.69) is 13.8 Å². The summed E-state index contributed by atoms with van der Waals surface area (Å²) in [5, 5.41) is 0. The van der Waals surface area contributed by atoms with Gasteiger partial charge in [-0.15, -0.1) is 0 Å². The summed E-state index contributed by atoms with van der Waals surface area (Å²) in [5.74, 6) is 1.34. The Morgan fingerprint density at radius 1 is 1.00 bits per heavy atom. The van der Waals surface area contributed by atoms with Crippen LogP contribution in [-0.2, 0) is 16.0 Å². The van der Waals surface area contributed by atoms with E-state index in [0.29, 0.717) is 32.6 Å². The Balaban J connectivity index is 1.95. The first kappa shape index (κ1) is 20.3. The van der Waals surface area contributed by atoms with Gasteiger partial charge in [-0.05, 0) is 49.4 Å². The highest BCUT2D eigenvalue weighted by Gasteiger charge is 2.27. The van der Waals surface area contributed by atoms with Gasteiger partial charge in [-0.1, -0.05) is 19.9 Å². The molecule has 2 amide bonds. The van der Waals surface area contributed by atoms with Gasteiger partial charge in [0.25, 0.3) is 0 Å². The average Bonchev–Trinajstić information content (AvgIpc) is 2.66. The molecule has 0 spiro atoms. The monoisotopic (exact) mass is 360 g/mol. The summed E-state index contributed by atoms with van der Waals surface area (Å²) in [4.78, 5) is 29.0. The summed E-state index contributed by atoms with van der Waals surface area (Å²) < 4.78 is 5.34. The SMILES string of the molecule is CCC(CC)C(=O)N1CCN(C(=O)Cc2ccc(OC)c(C)c2C)CC1. The minimum Gasteiger partial charge on any atom is -0.496 e. The van der Waals surface area contributed by atoms with Crippen LogP contribution in [0.3, 0.4) is 0 Å². The van der Waals surface area contributed by atoms with Crippen molar-refractivity contribution in [2.24, 2.45) is 5.92 Å². The Hall–Kier alpha value is -2.04. The Kier molecular flexibility index (Phi) is 7.06. The van der Waals surface area contributed by atoms with Crippen LogP contribution in [0.15, 0.2) is 12.1 Å². The van der Waals surface area contributed by atoms with Gasteiger partial charge in [0.1, 0.15) is 5.75 Å². The summed E-state index contributed by atoms with van der Waals surface area (Å²) in [6, 6.07) is 3.91. The van der Waals surface area contributed by atoms with E-state index in [4.69, 9.17) is 4.74 Å². The molecule has 26 heavy (non-hydrogen) atoms. The molecule has 0 aliphatic carbocycles. The Morgan fingerprint density at radius 3 is 2.12 bits per heavy atom. The fourth-order valence-electron chi connectivity index (χ4n) is 3.61. The number of benzene rings is 1. The number of hydrogen-bond donors (Lipinski definition) is 0. The van der Waals surface area contributed by atoms with Crippen LogP contribution in [0.5, 0.6) is 5.75 Å². The summed E-state index contributed by atoms with van der Waals surface area (Å²) in [5.41, 5.74) is 3.24. The molecule has 1 aliphatic heterocycles. The van der Waals surface area contributed by atoms with Crippen LogP contribution in [0, 0.1) is 19.8 Å². The van der Waals surface area contributed by atoms with E-state index in [9.17, 15) is 9.59 Å². The number of nitrogens with zero attached hydrogens (tertiary/aromatic N) is 2. The third-order valence-electron chi connectivity index (χ3n) is 5.69. The second-order valence-electron chi connectivity index (χ2n) is 7.07. The molecule has 1 aromatic carbocycles. The molecule has 0 radical (unpaired) electrons. The summed E-state index contributed by atoms with van der Waals surface area (Å²) in [6.07, 6.45) is 2.16. The molecule has 5 heteroatoms. The number of carbonyl (C=O) groups excluding carboxylic acids is 2. The first-order valence-electron chi connectivity index (χ1n) is 9.62. The normalized spacial score (nSPS) is 14.7. The first-order valence-corrected chi connectivity index (χ1v) is 9.62. The van der Waals surface area contributed by atoms with Gasteiger partial charge in [0, 0.05) is 32.1 Å². The average molecular weight is 360 g/mol. The van der Waals surface area contributed by atoms with Gasteiger partial charge in [-0.2, -0.15) is 0 Å². The number of carbonyl (C=O) groups is 2. The molecule has 0 unspecified atom stereocenters. The van der Waals surface area contributed by atoms with Gasteiger partial charge in [-0.25, -0.2) is 0 Å². The van der Waals surface area contributed by atoms with E-state index in [0.717, 1.165) is 35.3 Å². The van der Waals surface area contributed by atoms with Gasteiger partial charge < -0.3 is 14.5 Å². The third-order valence-corrected chi connectivity index (χ3v) is 5.69. The van der Waals surface area contributed by atoms with Crippen LogP contribution in [0.4, 0.5) is 0 Å². The highest BCUT2D eigenvalue weighted by atomic mass is 16.5. The number of piperazine rings is 1. The van der Waals surface area contributed by atoms with Crippen LogP contribution >= 0.6 is 0 Å². The molecule has 1 saturated heterocycles. The van der Waals surface area contributed by atoms with E-state index in [1.165, 1.54) is 0 Å². The number of amides is 2. The molecular formula is C21H32N2O3. The van der Waals surface area contributed by atoms with Crippen molar-refractivity contribution in [2.75, 3.05) is 33.3 Å². The molecule has 5 nitrogen and oxygen atoms in total. The minimum atomic E-state index is 0.113. The molecule has 1 aliphatic rings. The van der Waals surface area contributed by atoms with Crippen LogP contribution in [-0.4, -0.2) is 54.9 Å². The maximum Gasteiger partial charge on any atom is 0.227 e. The summed E-state index contributed by atoms with van der Waals surface area (Å²) in [7, 11) is 1.66. The molecule has 2 rings (SSSR count).